The molecule has 3 rings (SSSR count). The standard InChI is InChI=1S/C17H14N4O2/c1-12-4-2-5-13(8-12)17(22)21-15-10-19-11-16(20-15)23-14-6-3-7-18-9-14/h2-11H,1H3,(H,20,21,22). The molecule has 114 valence electrons. The predicted octanol–water partition coefficient (Wildman–Crippen LogP) is 3.22. The van der Waals surface area contributed by atoms with E-state index in [4.69, 9.17) is 4.74 Å². The van der Waals surface area contributed by atoms with E-state index in [9.17, 15) is 4.79 Å². The van der Waals surface area contributed by atoms with Crippen LogP contribution in [0.15, 0.2) is 61.2 Å². The van der Waals surface area contributed by atoms with E-state index in [0.29, 0.717) is 17.1 Å². The second kappa shape index (κ2) is 6.65. The summed E-state index contributed by atoms with van der Waals surface area (Å²) in [7, 11) is 0. The Bertz CT molecular complexity index is 822. The number of ether oxygens (including phenoxy) is 1. The maximum absolute atomic E-state index is 12.2. The molecule has 0 bridgehead atoms. The average molecular weight is 306 g/mol. The third kappa shape index (κ3) is 3.88. The second-order valence-corrected chi connectivity index (χ2v) is 4.86. The van der Waals surface area contributed by atoms with Crippen LogP contribution in [0.25, 0.3) is 0 Å². The largest absolute Gasteiger partial charge is 0.436 e. The summed E-state index contributed by atoms with van der Waals surface area (Å²) in [4.78, 5) is 24.4. The molecule has 0 aliphatic heterocycles. The van der Waals surface area contributed by atoms with E-state index in [1.54, 1.807) is 36.7 Å². The SMILES string of the molecule is Cc1cccc(C(=O)Nc2cncc(Oc3cccnc3)n2)c1. The zero-order valence-electron chi connectivity index (χ0n) is 12.4. The predicted molar refractivity (Wildman–Crippen MR) is 85.5 cm³/mol. The quantitative estimate of drug-likeness (QED) is 0.800. The topological polar surface area (TPSA) is 77.0 Å². The highest BCUT2D eigenvalue weighted by Crippen LogP contribution is 2.18. The first-order valence-corrected chi connectivity index (χ1v) is 6.99. The number of nitrogens with zero attached hydrogens (tertiary/aromatic N) is 3. The summed E-state index contributed by atoms with van der Waals surface area (Å²) in [6.45, 7) is 1.93. The fourth-order valence-corrected chi connectivity index (χ4v) is 1.96. The first-order valence-electron chi connectivity index (χ1n) is 6.99. The van der Waals surface area contributed by atoms with E-state index in [1.165, 1.54) is 12.4 Å². The van der Waals surface area contributed by atoms with Crippen LogP contribution in [-0.4, -0.2) is 20.9 Å². The number of benzene rings is 1. The lowest BCUT2D eigenvalue weighted by atomic mass is 10.1. The first kappa shape index (κ1) is 14.6. The van der Waals surface area contributed by atoms with Gasteiger partial charge in [0.1, 0.15) is 5.75 Å². The smallest absolute Gasteiger partial charge is 0.256 e. The van der Waals surface area contributed by atoms with Crippen LogP contribution < -0.4 is 10.1 Å². The van der Waals surface area contributed by atoms with Crippen molar-refractivity contribution in [2.24, 2.45) is 0 Å². The monoisotopic (exact) mass is 306 g/mol. The van der Waals surface area contributed by atoms with Gasteiger partial charge >= 0.3 is 0 Å². The van der Waals surface area contributed by atoms with Crippen LogP contribution in [0.1, 0.15) is 15.9 Å². The van der Waals surface area contributed by atoms with Crippen LogP contribution >= 0.6 is 0 Å². The number of aryl methyl sites for hydroxylation is 1. The molecule has 1 amide bonds. The Labute approximate surface area is 133 Å². The lowest BCUT2D eigenvalue weighted by molar-refractivity contribution is 0.102. The molecule has 6 heteroatoms. The number of anilines is 1. The number of hydrogen-bond acceptors (Lipinski definition) is 5. The molecule has 0 unspecified atom stereocenters. The minimum atomic E-state index is -0.249. The summed E-state index contributed by atoms with van der Waals surface area (Å²) in [6.07, 6.45) is 6.15. The van der Waals surface area contributed by atoms with Gasteiger partial charge in [-0.2, -0.15) is 4.98 Å². The summed E-state index contributed by atoms with van der Waals surface area (Å²) in [5, 5.41) is 2.70. The van der Waals surface area contributed by atoms with E-state index < -0.39 is 0 Å². The second-order valence-electron chi connectivity index (χ2n) is 4.86. The maximum Gasteiger partial charge on any atom is 0.256 e. The molecule has 2 heterocycles. The molecule has 0 radical (unpaired) electrons. The van der Waals surface area contributed by atoms with E-state index in [2.05, 4.69) is 20.3 Å². The number of amides is 1. The van der Waals surface area contributed by atoms with Crippen LogP contribution in [0, 0.1) is 6.92 Å². The van der Waals surface area contributed by atoms with E-state index in [0.717, 1.165) is 5.56 Å². The summed E-state index contributed by atoms with van der Waals surface area (Å²) < 4.78 is 5.54. The summed E-state index contributed by atoms with van der Waals surface area (Å²) >= 11 is 0. The minimum Gasteiger partial charge on any atom is -0.436 e. The fourth-order valence-electron chi connectivity index (χ4n) is 1.96. The molecule has 6 nitrogen and oxygen atoms in total. The number of rotatable bonds is 4. The van der Waals surface area contributed by atoms with Gasteiger partial charge in [-0.3, -0.25) is 14.8 Å². The Hall–Kier alpha value is -3.28. The van der Waals surface area contributed by atoms with Gasteiger partial charge in [0, 0.05) is 11.8 Å². The Balaban J connectivity index is 1.74. The lowest BCUT2D eigenvalue weighted by Crippen LogP contribution is -2.13. The van der Waals surface area contributed by atoms with Gasteiger partial charge < -0.3 is 10.1 Å². The number of carbonyl (C=O) groups is 1. The van der Waals surface area contributed by atoms with Gasteiger partial charge in [0.05, 0.1) is 18.6 Å². The molecule has 1 aromatic carbocycles. The molecule has 23 heavy (non-hydrogen) atoms. The van der Waals surface area contributed by atoms with Crippen LogP contribution in [0.3, 0.4) is 0 Å². The molecule has 3 aromatic rings. The molecular weight excluding hydrogens is 292 g/mol. The van der Waals surface area contributed by atoms with Gasteiger partial charge in [0.2, 0.25) is 5.88 Å². The summed E-state index contributed by atoms with van der Waals surface area (Å²) in [6, 6.07) is 10.8. The highest BCUT2D eigenvalue weighted by atomic mass is 16.5. The normalized spacial score (nSPS) is 10.1. The molecular formula is C17H14N4O2. The van der Waals surface area contributed by atoms with Crippen molar-refractivity contribution < 1.29 is 9.53 Å². The molecule has 0 fully saturated rings. The molecule has 0 aliphatic carbocycles. The van der Waals surface area contributed by atoms with Crippen molar-refractivity contribution >= 4 is 11.7 Å². The van der Waals surface area contributed by atoms with Crippen molar-refractivity contribution in [2.45, 2.75) is 6.92 Å². The third-order valence-corrected chi connectivity index (χ3v) is 2.99. The highest BCUT2D eigenvalue weighted by Gasteiger charge is 2.08. The lowest BCUT2D eigenvalue weighted by Gasteiger charge is -2.07. The first-order chi connectivity index (χ1) is 11.2. The number of carbonyl (C=O) groups excluding carboxylic acids is 1. The Morgan fingerprint density at radius 1 is 1.09 bits per heavy atom. The van der Waals surface area contributed by atoms with Gasteiger partial charge in [-0.15, -0.1) is 0 Å². The zero-order chi connectivity index (χ0) is 16.1. The third-order valence-electron chi connectivity index (χ3n) is 2.99. The summed E-state index contributed by atoms with van der Waals surface area (Å²) in [5.41, 5.74) is 1.57. The van der Waals surface area contributed by atoms with Gasteiger partial charge in [0.15, 0.2) is 5.82 Å². The van der Waals surface area contributed by atoms with Crippen molar-refractivity contribution in [3.8, 4) is 11.6 Å². The number of nitrogens with one attached hydrogen (secondary N) is 1. The van der Waals surface area contributed by atoms with Crippen LogP contribution in [0.5, 0.6) is 11.6 Å². The van der Waals surface area contributed by atoms with Crippen LogP contribution in [-0.2, 0) is 0 Å². The van der Waals surface area contributed by atoms with Crippen LogP contribution in [0.2, 0.25) is 0 Å². The molecule has 1 N–H and O–H groups in total. The van der Waals surface area contributed by atoms with Crippen molar-refractivity contribution in [2.75, 3.05) is 5.32 Å². The Morgan fingerprint density at radius 3 is 2.78 bits per heavy atom. The van der Waals surface area contributed by atoms with Crippen molar-refractivity contribution in [3.63, 3.8) is 0 Å². The number of hydrogen-bond donors (Lipinski definition) is 1. The number of aromatic nitrogens is 3. The molecule has 0 atom stereocenters. The zero-order valence-corrected chi connectivity index (χ0v) is 12.4. The van der Waals surface area contributed by atoms with Crippen molar-refractivity contribution in [3.05, 3.63) is 72.3 Å². The van der Waals surface area contributed by atoms with Gasteiger partial charge in [0.25, 0.3) is 5.91 Å². The van der Waals surface area contributed by atoms with Crippen molar-refractivity contribution in [1.29, 1.82) is 0 Å². The fraction of sp³-hybridized carbons (Fsp3) is 0.0588. The molecule has 0 spiro atoms. The molecule has 2 aromatic heterocycles. The van der Waals surface area contributed by atoms with Gasteiger partial charge in [-0.05, 0) is 31.2 Å². The Morgan fingerprint density at radius 2 is 2.00 bits per heavy atom. The van der Waals surface area contributed by atoms with Gasteiger partial charge in [-0.25, -0.2) is 0 Å². The molecule has 0 saturated heterocycles. The highest BCUT2D eigenvalue weighted by molar-refractivity contribution is 6.03. The molecule has 0 aliphatic rings. The Kier molecular flexibility index (Phi) is 4.24. The van der Waals surface area contributed by atoms with E-state index in [-0.39, 0.29) is 11.8 Å². The molecule has 0 saturated carbocycles. The minimum absolute atomic E-state index is 0.249. The summed E-state index contributed by atoms with van der Waals surface area (Å²) in [5.74, 6) is 0.892. The number of pyridine rings is 1. The van der Waals surface area contributed by atoms with Crippen molar-refractivity contribution in [1.82, 2.24) is 15.0 Å². The maximum atomic E-state index is 12.2. The van der Waals surface area contributed by atoms with E-state index >= 15 is 0 Å². The average Bonchev–Trinajstić information content (AvgIpc) is 2.56. The van der Waals surface area contributed by atoms with Gasteiger partial charge in [-0.1, -0.05) is 17.7 Å². The van der Waals surface area contributed by atoms with E-state index in [1.807, 2.05) is 19.1 Å². The van der Waals surface area contributed by atoms with Crippen LogP contribution in [0.4, 0.5) is 5.82 Å².